The number of benzene rings is 2. The topological polar surface area (TPSA) is 92.7 Å². The van der Waals surface area contributed by atoms with Crippen molar-refractivity contribution in [2.75, 3.05) is 41.7 Å². The summed E-state index contributed by atoms with van der Waals surface area (Å²) in [4.78, 5) is 31.9. The van der Waals surface area contributed by atoms with E-state index in [-0.39, 0.29) is 24.9 Å². The van der Waals surface area contributed by atoms with Crippen LogP contribution >= 0.6 is 0 Å². The summed E-state index contributed by atoms with van der Waals surface area (Å²) in [6, 6.07) is 13.2. The van der Waals surface area contributed by atoms with E-state index in [1.165, 1.54) is 0 Å². The Balaban J connectivity index is 1.77. The molecule has 0 spiro atoms. The lowest BCUT2D eigenvalue weighted by Gasteiger charge is -2.37. The molecule has 0 saturated heterocycles. The van der Waals surface area contributed by atoms with Gasteiger partial charge in [-0.05, 0) is 43.0 Å². The number of aliphatic imine (C=N–C) groups is 1. The Kier molecular flexibility index (Phi) is 8.28. The van der Waals surface area contributed by atoms with Gasteiger partial charge in [0.25, 0.3) is 0 Å². The number of allylic oxidation sites excluding steroid dienone is 2. The molecular weight excluding hydrogens is 474 g/mol. The zero-order valence-corrected chi connectivity index (χ0v) is 21.9. The number of nitrogens with zero attached hydrogens (tertiary/aromatic N) is 1. The number of esters is 1. The SMILES string of the molecule is COCCOC(=O)C1C(C)=NC2=C(C(=O)C[C@@H](c3ccc(OC)c(OC)c3)C2)[C@@H]1c1ccccc1OC. The molecule has 0 saturated carbocycles. The Labute approximate surface area is 217 Å². The van der Waals surface area contributed by atoms with Crippen LogP contribution in [0.5, 0.6) is 17.2 Å². The molecule has 2 aromatic rings. The normalized spacial score (nSPS) is 21.2. The number of methoxy groups -OCH3 is 4. The monoisotopic (exact) mass is 507 g/mol. The lowest BCUT2D eigenvalue weighted by Crippen LogP contribution is -2.38. The fourth-order valence-corrected chi connectivity index (χ4v) is 5.28. The van der Waals surface area contributed by atoms with E-state index in [1.807, 2.05) is 49.4 Å². The van der Waals surface area contributed by atoms with Crippen LogP contribution in [0.15, 0.2) is 58.7 Å². The van der Waals surface area contributed by atoms with Gasteiger partial charge in [-0.2, -0.15) is 0 Å². The summed E-state index contributed by atoms with van der Waals surface area (Å²) in [5, 5.41) is 0. The molecule has 4 rings (SSSR count). The van der Waals surface area contributed by atoms with Crippen LogP contribution in [-0.4, -0.2) is 59.1 Å². The maximum absolute atomic E-state index is 13.8. The first-order valence-corrected chi connectivity index (χ1v) is 12.2. The van der Waals surface area contributed by atoms with Crippen molar-refractivity contribution < 1.29 is 33.3 Å². The number of carbonyl (C=O) groups is 2. The van der Waals surface area contributed by atoms with Crippen molar-refractivity contribution in [3.05, 3.63) is 64.9 Å². The highest BCUT2D eigenvalue weighted by Crippen LogP contribution is 2.49. The summed E-state index contributed by atoms with van der Waals surface area (Å²) in [5.74, 6) is 0.00128. The second-order valence-corrected chi connectivity index (χ2v) is 9.11. The fraction of sp³-hybridized carbons (Fsp3) is 0.414. The molecule has 2 aromatic carbocycles. The maximum atomic E-state index is 13.8. The van der Waals surface area contributed by atoms with Gasteiger partial charge < -0.3 is 23.7 Å². The summed E-state index contributed by atoms with van der Waals surface area (Å²) in [6.07, 6.45) is 0.852. The lowest BCUT2D eigenvalue weighted by molar-refractivity contribution is -0.147. The Morgan fingerprint density at radius 3 is 2.35 bits per heavy atom. The number of rotatable bonds is 9. The molecule has 2 aliphatic rings. The van der Waals surface area contributed by atoms with E-state index >= 15 is 0 Å². The highest BCUT2D eigenvalue weighted by atomic mass is 16.6. The van der Waals surface area contributed by atoms with Crippen LogP contribution in [0, 0.1) is 5.92 Å². The average molecular weight is 508 g/mol. The molecule has 196 valence electrons. The molecule has 0 fully saturated rings. The Morgan fingerprint density at radius 1 is 0.919 bits per heavy atom. The van der Waals surface area contributed by atoms with Crippen molar-refractivity contribution in [3.8, 4) is 17.2 Å². The molecule has 1 unspecified atom stereocenters. The van der Waals surface area contributed by atoms with Gasteiger partial charge >= 0.3 is 5.97 Å². The maximum Gasteiger partial charge on any atom is 0.315 e. The van der Waals surface area contributed by atoms with Crippen LogP contribution in [0.25, 0.3) is 0 Å². The molecular formula is C29H33NO7. The number of para-hydroxylation sites is 1. The lowest BCUT2D eigenvalue weighted by atomic mass is 9.69. The van der Waals surface area contributed by atoms with Crippen molar-refractivity contribution in [1.82, 2.24) is 0 Å². The minimum absolute atomic E-state index is 0.0390. The van der Waals surface area contributed by atoms with Crippen molar-refractivity contribution in [3.63, 3.8) is 0 Å². The Morgan fingerprint density at radius 2 is 1.65 bits per heavy atom. The molecule has 0 N–H and O–H groups in total. The van der Waals surface area contributed by atoms with Crippen molar-refractivity contribution in [2.45, 2.75) is 31.6 Å². The first-order chi connectivity index (χ1) is 17.9. The predicted octanol–water partition coefficient (Wildman–Crippen LogP) is 4.48. The standard InChI is InChI=1S/C29H33NO7/c1-17-26(29(32)37-13-12-33-2)27(20-8-6-7-9-23(20)34-3)28-21(30-17)14-19(15-22(28)31)18-10-11-24(35-4)25(16-18)36-5/h6-11,16,19,26-27H,12-15H2,1-5H3/t19-,26?,27+/m0/s1. The minimum atomic E-state index is -0.742. The molecule has 1 aliphatic carbocycles. The minimum Gasteiger partial charge on any atom is -0.496 e. The van der Waals surface area contributed by atoms with E-state index in [1.54, 1.807) is 28.4 Å². The van der Waals surface area contributed by atoms with Gasteiger partial charge in [-0.1, -0.05) is 24.3 Å². The zero-order chi connectivity index (χ0) is 26.5. The van der Waals surface area contributed by atoms with E-state index < -0.39 is 17.8 Å². The second kappa shape index (κ2) is 11.6. The van der Waals surface area contributed by atoms with Gasteiger partial charge in [0.15, 0.2) is 17.3 Å². The number of Topliss-reactive ketones (excluding diaryl/α,β-unsaturated/α-hetero) is 1. The first kappa shape index (κ1) is 26.4. The van der Waals surface area contributed by atoms with E-state index in [0.717, 1.165) is 11.1 Å². The van der Waals surface area contributed by atoms with Gasteiger partial charge in [-0.15, -0.1) is 0 Å². The van der Waals surface area contributed by atoms with Crippen molar-refractivity contribution >= 4 is 17.5 Å². The molecule has 1 aliphatic heterocycles. The van der Waals surface area contributed by atoms with Crippen molar-refractivity contribution in [1.29, 1.82) is 0 Å². The molecule has 8 nitrogen and oxygen atoms in total. The highest BCUT2D eigenvalue weighted by Gasteiger charge is 2.45. The van der Waals surface area contributed by atoms with Gasteiger partial charge in [0.1, 0.15) is 18.3 Å². The third kappa shape index (κ3) is 5.25. The highest BCUT2D eigenvalue weighted by molar-refractivity contribution is 6.09. The average Bonchev–Trinajstić information content (AvgIpc) is 2.91. The second-order valence-electron chi connectivity index (χ2n) is 9.11. The summed E-state index contributed by atoms with van der Waals surface area (Å²) >= 11 is 0. The molecule has 0 radical (unpaired) electrons. The molecule has 0 amide bonds. The van der Waals surface area contributed by atoms with Crippen LogP contribution < -0.4 is 14.2 Å². The molecule has 3 atom stereocenters. The molecule has 37 heavy (non-hydrogen) atoms. The quantitative estimate of drug-likeness (QED) is 0.365. The van der Waals surface area contributed by atoms with Crippen LogP contribution in [0.4, 0.5) is 0 Å². The number of ketones is 1. The Bertz CT molecular complexity index is 1230. The molecule has 8 heteroatoms. The predicted molar refractivity (Wildman–Crippen MR) is 139 cm³/mol. The number of ether oxygens (including phenoxy) is 5. The Hall–Kier alpha value is -3.65. The fourth-order valence-electron chi connectivity index (χ4n) is 5.28. The smallest absolute Gasteiger partial charge is 0.315 e. The number of carbonyl (C=O) groups excluding carboxylic acids is 2. The number of hydrogen-bond acceptors (Lipinski definition) is 8. The van der Waals surface area contributed by atoms with Crippen LogP contribution in [0.2, 0.25) is 0 Å². The van der Waals surface area contributed by atoms with Gasteiger partial charge in [-0.3, -0.25) is 14.6 Å². The van der Waals surface area contributed by atoms with Crippen LogP contribution in [0.1, 0.15) is 42.7 Å². The zero-order valence-electron chi connectivity index (χ0n) is 21.9. The summed E-state index contributed by atoms with van der Waals surface area (Å²) in [6.45, 7) is 2.23. The largest absolute Gasteiger partial charge is 0.496 e. The van der Waals surface area contributed by atoms with E-state index in [4.69, 9.17) is 28.7 Å². The third-order valence-electron chi connectivity index (χ3n) is 7.03. The van der Waals surface area contributed by atoms with Gasteiger partial charge in [-0.25, -0.2) is 0 Å². The van der Waals surface area contributed by atoms with Crippen molar-refractivity contribution in [2.24, 2.45) is 10.9 Å². The van der Waals surface area contributed by atoms with E-state index in [2.05, 4.69) is 0 Å². The third-order valence-corrected chi connectivity index (χ3v) is 7.03. The van der Waals surface area contributed by atoms with E-state index in [9.17, 15) is 9.59 Å². The van der Waals surface area contributed by atoms with Gasteiger partial charge in [0.2, 0.25) is 0 Å². The summed E-state index contributed by atoms with van der Waals surface area (Å²) in [7, 11) is 6.31. The first-order valence-electron chi connectivity index (χ1n) is 12.2. The molecule has 0 aromatic heterocycles. The summed E-state index contributed by atoms with van der Waals surface area (Å²) < 4.78 is 27.0. The molecule has 1 heterocycles. The molecule has 0 bridgehead atoms. The van der Waals surface area contributed by atoms with Crippen LogP contribution in [0.3, 0.4) is 0 Å². The van der Waals surface area contributed by atoms with Gasteiger partial charge in [0.05, 0.1) is 27.9 Å². The number of hydrogen-bond donors (Lipinski definition) is 0. The summed E-state index contributed by atoms with van der Waals surface area (Å²) in [5.41, 5.74) is 3.60. The van der Waals surface area contributed by atoms with E-state index in [0.29, 0.717) is 47.1 Å². The van der Waals surface area contributed by atoms with Crippen LogP contribution in [-0.2, 0) is 19.1 Å². The van der Waals surface area contributed by atoms with Gasteiger partial charge in [0, 0.05) is 42.0 Å².